The van der Waals surface area contributed by atoms with Gasteiger partial charge >= 0.3 is 0 Å². The normalized spacial score (nSPS) is 16.0. The number of benzene rings is 1. The predicted molar refractivity (Wildman–Crippen MR) is 96.0 cm³/mol. The Bertz CT molecular complexity index is 639. The van der Waals surface area contributed by atoms with Gasteiger partial charge in [0.1, 0.15) is 0 Å². The smallest absolute Gasteiger partial charge is 0.241 e. The first kappa shape index (κ1) is 17.4. The van der Waals surface area contributed by atoms with Crippen molar-refractivity contribution in [2.24, 2.45) is 0 Å². The van der Waals surface area contributed by atoms with Gasteiger partial charge in [-0.2, -0.15) is 4.98 Å². The molecule has 0 amide bonds. The second kappa shape index (κ2) is 8.60. The molecule has 0 aliphatic carbocycles. The van der Waals surface area contributed by atoms with Crippen LogP contribution in [0.3, 0.4) is 0 Å². The van der Waals surface area contributed by atoms with E-state index in [0.29, 0.717) is 23.3 Å². The summed E-state index contributed by atoms with van der Waals surface area (Å²) in [4.78, 5) is 9.28. The van der Waals surface area contributed by atoms with Crippen LogP contribution in [-0.4, -0.2) is 53.2 Å². The van der Waals surface area contributed by atoms with E-state index in [1.165, 1.54) is 45.3 Å². The van der Waals surface area contributed by atoms with Crippen molar-refractivity contribution in [2.75, 3.05) is 33.2 Å². The molecule has 0 bridgehead atoms. The second-order valence-electron chi connectivity index (χ2n) is 6.52. The van der Waals surface area contributed by atoms with Gasteiger partial charge in [-0.1, -0.05) is 35.3 Å². The number of aromatic nitrogens is 2. The molecule has 1 aliphatic heterocycles. The number of nitrogens with zero attached hydrogens (tertiary/aromatic N) is 4. The van der Waals surface area contributed by atoms with Gasteiger partial charge in [-0.15, -0.1) is 0 Å². The lowest BCUT2D eigenvalue weighted by Gasteiger charge is -2.27. The lowest BCUT2D eigenvalue weighted by molar-refractivity contribution is 0.204. The van der Waals surface area contributed by atoms with Crippen LogP contribution in [0.15, 0.2) is 28.8 Å². The van der Waals surface area contributed by atoms with Crippen LogP contribution in [0.4, 0.5) is 0 Å². The van der Waals surface area contributed by atoms with Crippen LogP contribution < -0.4 is 0 Å². The van der Waals surface area contributed by atoms with Crippen molar-refractivity contribution in [1.82, 2.24) is 19.9 Å². The van der Waals surface area contributed by atoms with Crippen LogP contribution >= 0.6 is 11.6 Å². The van der Waals surface area contributed by atoms with Gasteiger partial charge in [0.15, 0.2) is 0 Å². The van der Waals surface area contributed by atoms with E-state index in [2.05, 4.69) is 27.0 Å². The zero-order valence-electron chi connectivity index (χ0n) is 14.2. The lowest BCUT2D eigenvalue weighted by atomic mass is 10.1. The van der Waals surface area contributed by atoms with Gasteiger partial charge in [-0.3, -0.25) is 4.90 Å². The molecular weight excluding hydrogens is 324 g/mol. The molecule has 2 heterocycles. The minimum Gasteiger partial charge on any atom is -0.338 e. The third-order valence-electron chi connectivity index (χ3n) is 4.42. The predicted octanol–water partition coefficient (Wildman–Crippen LogP) is 3.70. The maximum absolute atomic E-state index is 6.01. The standard InChI is InChI=1S/C18H25ClN4O/c1-22(9-6-12-23-10-3-2-4-11-23)14-17-20-18(21-24-17)15-7-5-8-16(19)13-15/h5,7-8,13H,2-4,6,9-12,14H2,1H3. The first-order valence-electron chi connectivity index (χ1n) is 8.70. The Labute approximate surface area is 148 Å². The Morgan fingerprint density at radius 3 is 2.88 bits per heavy atom. The van der Waals surface area contributed by atoms with Crippen molar-refractivity contribution in [3.05, 3.63) is 35.2 Å². The lowest BCUT2D eigenvalue weighted by Crippen LogP contribution is -2.32. The highest BCUT2D eigenvalue weighted by Crippen LogP contribution is 2.20. The SMILES string of the molecule is CN(CCCN1CCCCC1)Cc1nc(-c2cccc(Cl)c2)no1. The Kier molecular flexibility index (Phi) is 6.24. The Balaban J connectivity index is 1.45. The third kappa shape index (κ3) is 5.03. The maximum Gasteiger partial charge on any atom is 0.241 e. The van der Waals surface area contributed by atoms with E-state index in [1.54, 1.807) is 0 Å². The zero-order chi connectivity index (χ0) is 16.8. The molecule has 24 heavy (non-hydrogen) atoms. The van der Waals surface area contributed by atoms with Crippen molar-refractivity contribution in [2.45, 2.75) is 32.2 Å². The molecule has 0 N–H and O–H groups in total. The van der Waals surface area contributed by atoms with E-state index < -0.39 is 0 Å². The van der Waals surface area contributed by atoms with Crippen LogP contribution in [0.5, 0.6) is 0 Å². The van der Waals surface area contributed by atoms with Crippen LogP contribution in [0.2, 0.25) is 5.02 Å². The van der Waals surface area contributed by atoms with Gasteiger partial charge < -0.3 is 9.42 Å². The maximum atomic E-state index is 6.01. The molecule has 2 aromatic rings. The topological polar surface area (TPSA) is 45.4 Å². The summed E-state index contributed by atoms with van der Waals surface area (Å²) in [5.74, 6) is 1.24. The summed E-state index contributed by atoms with van der Waals surface area (Å²) in [6, 6.07) is 7.50. The number of hydrogen-bond acceptors (Lipinski definition) is 5. The highest BCUT2D eigenvalue weighted by molar-refractivity contribution is 6.30. The molecule has 1 aliphatic rings. The number of rotatable bonds is 7. The van der Waals surface area contributed by atoms with Gasteiger partial charge in [0.2, 0.25) is 11.7 Å². The molecule has 3 rings (SSSR count). The van der Waals surface area contributed by atoms with Gasteiger partial charge in [0, 0.05) is 10.6 Å². The Morgan fingerprint density at radius 1 is 1.25 bits per heavy atom. The van der Waals surface area contributed by atoms with Crippen LogP contribution in [0, 0.1) is 0 Å². The van der Waals surface area contributed by atoms with E-state index >= 15 is 0 Å². The summed E-state index contributed by atoms with van der Waals surface area (Å²) in [7, 11) is 2.10. The molecule has 0 atom stereocenters. The van der Waals surface area contributed by atoms with Crippen molar-refractivity contribution in [3.63, 3.8) is 0 Å². The third-order valence-corrected chi connectivity index (χ3v) is 4.65. The zero-order valence-corrected chi connectivity index (χ0v) is 15.0. The summed E-state index contributed by atoms with van der Waals surface area (Å²) >= 11 is 6.01. The van der Waals surface area contributed by atoms with E-state index in [0.717, 1.165) is 12.1 Å². The summed E-state index contributed by atoms with van der Waals surface area (Å²) in [5, 5.41) is 4.73. The molecule has 1 aromatic carbocycles. The highest BCUT2D eigenvalue weighted by Gasteiger charge is 2.12. The van der Waals surface area contributed by atoms with Gasteiger partial charge in [0.25, 0.3) is 0 Å². The van der Waals surface area contributed by atoms with Crippen LogP contribution in [-0.2, 0) is 6.54 Å². The Hall–Kier alpha value is -1.43. The van der Waals surface area contributed by atoms with Crippen molar-refractivity contribution in [3.8, 4) is 11.4 Å². The number of halogens is 1. The van der Waals surface area contributed by atoms with Gasteiger partial charge in [-0.25, -0.2) is 0 Å². The summed E-state index contributed by atoms with van der Waals surface area (Å²) < 4.78 is 5.37. The minimum atomic E-state index is 0.592. The molecular formula is C18H25ClN4O. The quantitative estimate of drug-likeness (QED) is 0.763. The van der Waals surface area contributed by atoms with Gasteiger partial charge in [-0.05, 0) is 64.6 Å². The van der Waals surface area contributed by atoms with Crippen molar-refractivity contribution in [1.29, 1.82) is 0 Å². The molecule has 0 spiro atoms. The average Bonchev–Trinajstić information content (AvgIpc) is 3.04. The number of piperidine rings is 1. The average molecular weight is 349 g/mol. The fourth-order valence-corrected chi connectivity index (χ4v) is 3.31. The molecule has 0 unspecified atom stereocenters. The molecule has 1 fully saturated rings. The van der Waals surface area contributed by atoms with E-state index in [9.17, 15) is 0 Å². The highest BCUT2D eigenvalue weighted by atomic mass is 35.5. The summed E-state index contributed by atoms with van der Waals surface area (Å²) in [5.41, 5.74) is 0.880. The second-order valence-corrected chi connectivity index (χ2v) is 6.95. The van der Waals surface area contributed by atoms with E-state index in [-0.39, 0.29) is 0 Å². The summed E-state index contributed by atoms with van der Waals surface area (Å²) in [6.45, 7) is 5.41. The monoisotopic (exact) mass is 348 g/mol. The Morgan fingerprint density at radius 2 is 2.08 bits per heavy atom. The molecule has 0 saturated carbocycles. The number of hydrogen-bond donors (Lipinski definition) is 0. The van der Waals surface area contributed by atoms with E-state index in [4.69, 9.17) is 16.1 Å². The molecule has 0 radical (unpaired) electrons. The first-order chi connectivity index (χ1) is 11.7. The molecule has 6 heteroatoms. The fourth-order valence-electron chi connectivity index (χ4n) is 3.12. The van der Waals surface area contributed by atoms with Crippen molar-refractivity contribution >= 4 is 11.6 Å². The molecule has 1 aromatic heterocycles. The van der Waals surface area contributed by atoms with E-state index in [1.807, 2.05) is 24.3 Å². The molecule has 5 nitrogen and oxygen atoms in total. The van der Waals surface area contributed by atoms with Crippen molar-refractivity contribution < 1.29 is 4.52 Å². The molecule has 130 valence electrons. The molecule has 1 saturated heterocycles. The van der Waals surface area contributed by atoms with Gasteiger partial charge in [0.05, 0.1) is 6.54 Å². The largest absolute Gasteiger partial charge is 0.338 e. The van der Waals surface area contributed by atoms with Crippen LogP contribution in [0.25, 0.3) is 11.4 Å². The van der Waals surface area contributed by atoms with Crippen LogP contribution in [0.1, 0.15) is 31.6 Å². The first-order valence-corrected chi connectivity index (χ1v) is 9.08. The minimum absolute atomic E-state index is 0.592. The number of likely N-dealkylation sites (tertiary alicyclic amines) is 1. The fraction of sp³-hybridized carbons (Fsp3) is 0.556. The summed E-state index contributed by atoms with van der Waals surface area (Å²) in [6.07, 6.45) is 5.27.